The molecule has 1 aromatic rings. The summed E-state index contributed by atoms with van der Waals surface area (Å²) in [6.07, 6.45) is 4.88. The molecule has 1 aliphatic rings. The zero-order valence-electron chi connectivity index (χ0n) is 9.15. The largest absolute Gasteiger partial charge is 0.328 e. The third-order valence-corrected chi connectivity index (χ3v) is 3.15. The highest BCUT2D eigenvalue weighted by molar-refractivity contribution is 5.14. The van der Waals surface area contributed by atoms with E-state index in [0.29, 0.717) is 12.1 Å². The van der Waals surface area contributed by atoms with Crippen LogP contribution in [0.5, 0.6) is 0 Å². The van der Waals surface area contributed by atoms with Gasteiger partial charge in [0.05, 0.1) is 0 Å². The second kappa shape index (κ2) is 5.29. The van der Waals surface area contributed by atoms with Crippen molar-refractivity contribution >= 4 is 0 Å². The summed E-state index contributed by atoms with van der Waals surface area (Å²) in [5.74, 6) is 0. The summed E-state index contributed by atoms with van der Waals surface area (Å²) in [6, 6.07) is 11.6. The fourth-order valence-electron chi connectivity index (χ4n) is 2.27. The van der Waals surface area contributed by atoms with Crippen LogP contribution in [0.2, 0.25) is 0 Å². The summed E-state index contributed by atoms with van der Waals surface area (Å²) in [7, 11) is 0. The lowest BCUT2D eigenvalue weighted by molar-refractivity contribution is 0.338. The first-order valence-electron chi connectivity index (χ1n) is 5.87. The fraction of sp³-hybridized carbons (Fsp3) is 0.538. The molecule has 0 amide bonds. The Hall–Kier alpha value is -0.860. The predicted octanol–water partition coefficient (Wildman–Crippen LogP) is 2.05. The number of nitrogens with one attached hydrogen (secondary N) is 1. The summed E-state index contributed by atoms with van der Waals surface area (Å²) >= 11 is 0. The van der Waals surface area contributed by atoms with Crippen molar-refractivity contribution in [3.8, 4) is 0 Å². The van der Waals surface area contributed by atoms with Gasteiger partial charge in [0.1, 0.15) is 0 Å². The third kappa shape index (κ3) is 3.33. The van der Waals surface area contributed by atoms with Crippen LogP contribution >= 0.6 is 0 Å². The maximum Gasteiger partial charge on any atom is 0.0208 e. The van der Waals surface area contributed by atoms with Crippen LogP contribution in [-0.4, -0.2) is 12.1 Å². The molecule has 15 heavy (non-hydrogen) atoms. The molecule has 0 bridgehead atoms. The number of benzene rings is 1. The zero-order valence-corrected chi connectivity index (χ0v) is 9.15. The van der Waals surface area contributed by atoms with Gasteiger partial charge in [0.25, 0.3) is 0 Å². The maximum atomic E-state index is 5.95. The van der Waals surface area contributed by atoms with Gasteiger partial charge in [-0.25, -0.2) is 0 Å². The molecular weight excluding hydrogens is 184 g/mol. The molecule has 0 spiro atoms. The van der Waals surface area contributed by atoms with E-state index >= 15 is 0 Å². The Balaban J connectivity index is 1.78. The van der Waals surface area contributed by atoms with E-state index in [2.05, 4.69) is 35.6 Å². The third-order valence-electron chi connectivity index (χ3n) is 3.15. The first-order chi connectivity index (χ1) is 7.34. The number of nitrogens with two attached hydrogens (primary N) is 1. The van der Waals surface area contributed by atoms with Gasteiger partial charge in [0.2, 0.25) is 0 Å². The monoisotopic (exact) mass is 204 g/mol. The highest BCUT2D eigenvalue weighted by atomic mass is 14.9. The van der Waals surface area contributed by atoms with Crippen LogP contribution in [-0.2, 0) is 6.54 Å². The van der Waals surface area contributed by atoms with E-state index in [0.717, 1.165) is 13.0 Å². The second-order valence-corrected chi connectivity index (χ2v) is 4.49. The van der Waals surface area contributed by atoms with E-state index in [9.17, 15) is 0 Å². The van der Waals surface area contributed by atoms with Gasteiger partial charge in [-0.05, 0) is 24.8 Å². The average molecular weight is 204 g/mol. The van der Waals surface area contributed by atoms with E-state index in [4.69, 9.17) is 5.73 Å². The Morgan fingerprint density at radius 2 is 2.00 bits per heavy atom. The number of hydrogen-bond acceptors (Lipinski definition) is 2. The Kier molecular flexibility index (Phi) is 3.75. The van der Waals surface area contributed by atoms with Gasteiger partial charge in [0, 0.05) is 18.6 Å². The molecule has 2 unspecified atom stereocenters. The molecule has 1 fully saturated rings. The number of hydrogen-bond donors (Lipinski definition) is 2. The number of rotatable bonds is 3. The standard InChI is InChI=1S/C13H20N2/c14-12-7-4-8-13(9-12)15-10-11-5-2-1-3-6-11/h1-3,5-6,12-13,15H,4,7-10,14H2. The van der Waals surface area contributed by atoms with Crippen LogP contribution in [0.15, 0.2) is 30.3 Å². The lowest BCUT2D eigenvalue weighted by Crippen LogP contribution is -2.39. The molecule has 0 aromatic heterocycles. The molecule has 3 N–H and O–H groups in total. The van der Waals surface area contributed by atoms with E-state index in [1.54, 1.807) is 0 Å². The van der Waals surface area contributed by atoms with Crippen LogP contribution in [0, 0.1) is 0 Å². The van der Waals surface area contributed by atoms with E-state index in [1.807, 2.05) is 0 Å². The van der Waals surface area contributed by atoms with Crippen molar-refractivity contribution in [1.82, 2.24) is 5.32 Å². The Labute approximate surface area is 91.9 Å². The van der Waals surface area contributed by atoms with E-state index < -0.39 is 0 Å². The van der Waals surface area contributed by atoms with Crippen molar-refractivity contribution in [1.29, 1.82) is 0 Å². The van der Waals surface area contributed by atoms with Gasteiger partial charge in [-0.3, -0.25) is 0 Å². The molecule has 2 heteroatoms. The van der Waals surface area contributed by atoms with Crippen molar-refractivity contribution in [2.24, 2.45) is 5.73 Å². The minimum Gasteiger partial charge on any atom is -0.328 e. The molecule has 0 radical (unpaired) electrons. The SMILES string of the molecule is NC1CCCC(NCc2ccccc2)C1. The van der Waals surface area contributed by atoms with Gasteiger partial charge in [-0.15, -0.1) is 0 Å². The van der Waals surface area contributed by atoms with Gasteiger partial charge in [-0.1, -0.05) is 36.8 Å². The van der Waals surface area contributed by atoms with Crippen LogP contribution in [0.1, 0.15) is 31.2 Å². The van der Waals surface area contributed by atoms with Crippen molar-refractivity contribution in [2.75, 3.05) is 0 Å². The highest BCUT2D eigenvalue weighted by Gasteiger charge is 2.18. The Morgan fingerprint density at radius 3 is 2.73 bits per heavy atom. The van der Waals surface area contributed by atoms with Crippen LogP contribution in [0.3, 0.4) is 0 Å². The minimum absolute atomic E-state index is 0.409. The molecule has 2 rings (SSSR count). The van der Waals surface area contributed by atoms with E-state index in [-0.39, 0.29) is 0 Å². The summed E-state index contributed by atoms with van der Waals surface area (Å²) in [4.78, 5) is 0. The first-order valence-corrected chi connectivity index (χ1v) is 5.87. The average Bonchev–Trinajstić information content (AvgIpc) is 2.28. The van der Waals surface area contributed by atoms with Gasteiger partial charge in [-0.2, -0.15) is 0 Å². The molecule has 82 valence electrons. The van der Waals surface area contributed by atoms with Crippen molar-refractivity contribution in [3.63, 3.8) is 0 Å². The second-order valence-electron chi connectivity index (χ2n) is 4.49. The molecule has 0 saturated heterocycles. The Bertz CT molecular complexity index is 284. The molecule has 1 aliphatic carbocycles. The zero-order chi connectivity index (χ0) is 10.5. The van der Waals surface area contributed by atoms with Crippen molar-refractivity contribution in [2.45, 2.75) is 44.3 Å². The van der Waals surface area contributed by atoms with E-state index in [1.165, 1.54) is 24.8 Å². The van der Waals surface area contributed by atoms with Crippen molar-refractivity contribution < 1.29 is 0 Å². The van der Waals surface area contributed by atoms with Crippen LogP contribution < -0.4 is 11.1 Å². The highest BCUT2D eigenvalue weighted by Crippen LogP contribution is 2.17. The van der Waals surface area contributed by atoms with Gasteiger partial charge < -0.3 is 11.1 Å². The van der Waals surface area contributed by atoms with Crippen LogP contribution in [0.4, 0.5) is 0 Å². The van der Waals surface area contributed by atoms with Crippen LogP contribution in [0.25, 0.3) is 0 Å². The fourth-order valence-corrected chi connectivity index (χ4v) is 2.27. The lowest BCUT2D eigenvalue weighted by Gasteiger charge is -2.27. The summed E-state index contributed by atoms with van der Waals surface area (Å²) in [5, 5.41) is 3.59. The van der Waals surface area contributed by atoms with Crippen molar-refractivity contribution in [3.05, 3.63) is 35.9 Å². The molecule has 2 nitrogen and oxygen atoms in total. The minimum atomic E-state index is 0.409. The molecule has 0 heterocycles. The molecule has 1 aromatic carbocycles. The predicted molar refractivity (Wildman–Crippen MR) is 63.5 cm³/mol. The topological polar surface area (TPSA) is 38.0 Å². The molecular formula is C13H20N2. The summed E-state index contributed by atoms with van der Waals surface area (Å²) in [6.45, 7) is 0.970. The molecule has 1 saturated carbocycles. The Morgan fingerprint density at radius 1 is 1.20 bits per heavy atom. The summed E-state index contributed by atoms with van der Waals surface area (Å²) in [5.41, 5.74) is 7.31. The smallest absolute Gasteiger partial charge is 0.0208 e. The maximum absolute atomic E-state index is 5.95. The normalized spacial score (nSPS) is 26.5. The van der Waals surface area contributed by atoms with Gasteiger partial charge >= 0.3 is 0 Å². The quantitative estimate of drug-likeness (QED) is 0.790. The first kappa shape index (κ1) is 10.7. The van der Waals surface area contributed by atoms with Gasteiger partial charge in [0.15, 0.2) is 0 Å². The summed E-state index contributed by atoms with van der Waals surface area (Å²) < 4.78 is 0. The molecule has 2 atom stereocenters. The lowest BCUT2D eigenvalue weighted by atomic mass is 9.91. The molecule has 0 aliphatic heterocycles.